The van der Waals surface area contributed by atoms with Gasteiger partial charge >= 0.3 is 0 Å². The van der Waals surface area contributed by atoms with Gasteiger partial charge in [0, 0.05) is 38.6 Å². The highest BCUT2D eigenvalue weighted by molar-refractivity contribution is 6.11. The van der Waals surface area contributed by atoms with Crippen LogP contribution in [0.5, 0.6) is 0 Å². The first-order valence-electron chi connectivity index (χ1n) is 19.0. The lowest BCUT2D eigenvalue weighted by atomic mass is 9.86. The van der Waals surface area contributed by atoms with Crippen LogP contribution >= 0.6 is 0 Å². The summed E-state index contributed by atoms with van der Waals surface area (Å²) in [5.41, 5.74) is 13.8. The summed E-state index contributed by atoms with van der Waals surface area (Å²) in [7, 11) is 0. The highest BCUT2D eigenvalue weighted by atomic mass is 15.0. The van der Waals surface area contributed by atoms with Gasteiger partial charge in [-0.05, 0) is 70.6 Å². The largest absolute Gasteiger partial charge is 0.308 e. The van der Waals surface area contributed by atoms with Crippen molar-refractivity contribution >= 4 is 27.5 Å². The van der Waals surface area contributed by atoms with Gasteiger partial charge in [0.1, 0.15) is 0 Å². The van der Waals surface area contributed by atoms with E-state index in [0.717, 1.165) is 72.4 Å². The molecule has 0 unspecified atom stereocenters. The Balaban J connectivity index is 1.41. The maximum absolute atomic E-state index is 9.80. The summed E-state index contributed by atoms with van der Waals surface area (Å²) in [4.78, 5) is 14.2. The first-order valence-corrected chi connectivity index (χ1v) is 19.0. The second-order valence-electron chi connectivity index (χ2n) is 15.3. The van der Waals surface area contributed by atoms with Gasteiger partial charge in [-0.3, -0.25) is 0 Å². The van der Waals surface area contributed by atoms with Crippen molar-refractivity contribution in [1.82, 2.24) is 14.5 Å². The first kappa shape index (κ1) is 35.1. The van der Waals surface area contributed by atoms with Crippen LogP contribution in [0.1, 0.15) is 31.9 Å². The van der Waals surface area contributed by atoms with Crippen molar-refractivity contribution in [1.29, 1.82) is 5.26 Å². The van der Waals surface area contributed by atoms with E-state index in [4.69, 9.17) is 16.5 Å². The Kier molecular flexibility index (Phi) is 8.77. The number of para-hydroxylation sites is 1. The second kappa shape index (κ2) is 14.2. The summed E-state index contributed by atoms with van der Waals surface area (Å²) in [6.07, 6.45) is 0. The number of hydrogen-bond donors (Lipinski definition) is 0. The fourth-order valence-electron chi connectivity index (χ4n) is 7.65. The molecule has 2 heterocycles. The van der Waals surface area contributed by atoms with Crippen LogP contribution in [0.3, 0.4) is 0 Å². The van der Waals surface area contributed by atoms with E-state index < -0.39 is 0 Å². The molecule has 0 aliphatic carbocycles. The smallest absolute Gasteiger partial charge is 0.187 e. The molecule has 9 aromatic rings. The molecule has 7 aromatic carbocycles. The summed E-state index contributed by atoms with van der Waals surface area (Å²) < 4.78 is 2.38. The van der Waals surface area contributed by atoms with Gasteiger partial charge in [0.15, 0.2) is 11.5 Å². The standard InChI is InChI=1S/C52H37N5/c1-52(2,3)40-25-28-49-45(31-40)42-17-11-12-18-48(42)57(49)50-43(35-21-19-34(33-53)20-22-35)29-39(30-44(50)36-23-26-41(54-4)27-24-36)51-55-46(37-13-7-5-8-14-37)32-47(56-51)38-15-9-6-10-16-38/h5-32H,1-3H3. The molecule has 0 N–H and O–H groups in total. The molecular formula is C52H37N5. The monoisotopic (exact) mass is 731 g/mol. The fourth-order valence-corrected chi connectivity index (χ4v) is 7.65. The fraction of sp³-hybridized carbons (Fsp3) is 0.0769. The van der Waals surface area contributed by atoms with Gasteiger partial charge in [-0.25, -0.2) is 14.8 Å². The van der Waals surface area contributed by atoms with Crippen molar-refractivity contribution < 1.29 is 0 Å². The van der Waals surface area contributed by atoms with Gasteiger partial charge < -0.3 is 4.57 Å². The van der Waals surface area contributed by atoms with Crippen molar-refractivity contribution in [2.24, 2.45) is 0 Å². The van der Waals surface area contributed by atoms with Gasteiger partial charge in [0.05, 0.1) is 46.3 Å². The third-order valence-corrected chi connectivity index (χ3v) is 10.6. The van der Waals surface area contributed by atoms with Crippen LogP contribution in [0.15, 0.2) is 170 Å². The lowest BCUT2D eigenvalue weighted by Gasteiger charge is -2.22. The molecule has 9 rings (SSSR count). The summed E-state index contributed by atoms with van der Waals surface area (Å²) in [5, 5.41) is 12.1. The molecule has 5 nitrogen and oxygen atoms in total. The van der Waals surface area contributed by atoms with Crippen LogP contribution in [0.4, 0.5) is 5.69 Å². The van der Waals surface area contributed by atoms with E-state index in [0.29, 0.717) is 17.1 Å². The number of hydrogen-bond acceptors (Lipinski definition) is 3. The van der Waals surface area contributed by atoms with E-state index in [1.165, 1.54) is 10.9 Å². The quantitative estimate of drug-likeness (QED) is 0.160. The normalized spacial score (nSPS) is 11.4. The topological polar surface area (TPSA) is 58.9 Å². The lowest BCUT2D eigenvalue weighted by molar-refractivity contribution is 0.591. The van der Waals surface area contributed by atoms with E-state index >= 15 is 0 Å². The van der Waals surface area contributed by atoms with E-state index in [9.17, 15) is 5.26 Å². The molecule has 0 bridgehead atoms. The first-order chi connectivity index (χ1) is 27.8. The van der Waals surface area contributed by atoms with Crippen LogP contribution in [-0.2, 0) is 5.41 Å². The Hall–Kier alpha value is -7.60. The summed E-state index contributed by atoms with van der Waals surface area (Å²) in [5.74, 6) is 0.590. The Labute approximate surface area is 332 Å². The van der Waals surface area contributed by atoms with E-state index in [-0.39, 0.29) is 5.41 Å². The molecule has 0 fully saturated rings. The number of rotatable bonds is 6. The van der Waals surface area contributed by atoms with Crippen LogP contribution in [0.2, 0.25) is 0 Å². The molecule has 5 heteroatoms. The number of nitrogens with zero attached hydrogens (tertiary/aromatic N) is 5. The Bertz CT molecular complexity index is 2890. The molecule has 0 spiro atoms. The highest BCUT2D eigenvalue weighted by Gasteiger charge is 2.24. The highest BCUT2D eigenvalue weighted by Crippen LogP contribution is 2.45. The van der Waals surface area contributed by atoms with Crippen LogP contribution in [0.25, 0.3) is 88.5 Å². The molecule has 0 saturated heterocycles. The molecule has 0 aliphatic rings. The van der Waals surface area contributed by atoms with E-state index in [2.05, 4.69) is 121 Å². The van der Waals surface area contributed by atoms with Crippen molar-refractivity contribution in [2.45, 2.75) is 26.2 Å². The van der Waals surface area contributed by atoms with Crippen LogP contribution in [0, 0.1) is 17.9 Å². The summed E-state index contributed by atoms with van der Waals surface area (Å²) in [6, 6.07) is 60.2. The van der Waals surface area contributed by atoms with Gasteiger partial charge in [-0.1, -0.05) is 142 Å². The summed E-state index contributed by atoms with van der Waals surface area (Å²) >= 11 is 0. The van der Waals surface area contributed by atoms with E-state index in [1.807, 2.05) is 84.9 Å². The zero-order valence-corrected chi connectivity index (χ0v) is 31.9. The molecule has 0 amide bonds. The Morgan fingerprint density at radius 2 is 1.09 bits per heavy atom. The molecule has 270 valence electrons. The average Bonchev–Trinajstić information content (AvgIpc) is 3.59. The van der Waals surface area contributed by atoms with E-state index in [1.54, 1.807) is 0 Å². The van der Waals surface area contributed by atoms with Crippen molar-refractivity contribution in [3.05, 3.63) is 192 Å². The predicted octanol–water partition coefficient (Wildman–Crippen LogP) is 13.6. The molecule has 0 radical (unpaired) electrons. The van der Waals surface area contributed by atoms with Gasteiger partial charge in [0.2, 0.25) is 0 Å². The third-order valence-electron chi connectivity index (χ3n) is 10.6. The van der Waals surface area contributed by atoms with Crippen molar-refractivity contribution in [2.75, 3.05) is 0 Å². The second-order valence-corrected chi connectivity index (χ2v) is 15.3. The third kappa shape index (κ3) is 6.52. The predicted molar refractivity (Wildman–Crippen MR) is 233 cm³/mol. The van der Waals surface area contributed by atoms with Crippen LogP contribution in [-0.4, -0.2) is 14.5 Å². The zero-order chi connectivity index (χ0) is 39.1. The number of benzene rings is 7. The Morgan fingerprint density at radius 1 is 0.544 bits per heavy atom. The van der Waals surface area contributed by atoms with Crippen molar-refractivity contribution in [3.63, 3.8) is 0 Å². The van der Waals surface area contributed by atoms with Gasteiger partial charge in [0.25, 0.3) is 0 Å². The molecule has 0 atom stereocenters. The summed E-state index contributed by atoms with van der Waals surface area (Å²) in [6.45, 7) is 14.5. The average molecular weight is 732 g/mol. The zero-order valence-electron chi connectivity index (χ0n) is 31.9. The minimum Gasteiger partial charge on any atom is -0.308 e. The SMILES string of the molecule is [C-]#[N+]c1ccc(-c2cc(-c3nc(-c4ccccc4)cc(-c4ccccc4)n3)cc(-c3ccc(C#N)cc3)c2-n2c3ccccc3c3cc(C(C)(C)C)ccc32)cc1. The lowest BCUT2D eigenvalue weighted by Crippen LogP contribution is -2.10. The molecule has 2 aromatic heterocycles. The molecule has 57 heavy (non-hydrogen) atoms. The molecular weight excluding hydrogens is 695 g/mol. The maximum atomic E-state index is 9.80. The Morgan fingerprint density at radius 3 is 1.65 bits per heavy atom. The van der Waals surface area contributed by atoms with Crippen LogP contribution < -0.4 is 0 Å². The van der Waals surface area contributed by atoms with Crippen molar-refractivity contribution in [3.8, 4) is 67.9 Å². The molecule has 0 aliphatic heterocycles. The number of fused-ring (bicyclic) bond motifs is 3. The van der Waals surface area contributed by atoms with Gasteiger partial charge in [-0.15, -0.1) is 0 Å². The van der Waals surface area contributed by atoms with Gasteiger partial charge in [-0.2, -0.15) is 5.26 Å². The minimum absolute atomic E-state index is 0.0324. The minimum atomic E-state index is -0.0324. The number of nitriles is 1. The molecule has 0 saturated carbocycles. The number of aromatic nitrogens is 3. The maximum Gasteiger partial charge on any atom is 0.187 e.